The van der Waals surface area contributed by atoms with Gasteiger partial charge in [0.25, 0.3) is 0 Å². The molecule has 1 atom stereocenters. The highest BCUT2D eigenvalue weighted by atomic mass is 35.5. The molecule has 7 nitrogen and oxygen atoms in total. The van der Waals surface area contributed by atoms with Crippen molar-refractivity contribution in [2.24, 2.45) is 0 Å². The van der Waals surface area contributed by atoms with E-state index >= 15 is 0 Å². The molecule has 1 N–H and O–H groups in total. The van der Waals surface area contributed by atoms with Gasteiger partial charge in [-0.25, -0.2) is 0 Å². The molecular formula is C12H18Cl2N6O. The predicted molar refractivity (Wildman–Crippen MR) is 80.7 cm³/mol. The van der Waals surface area contributed by atoms with Crippen molar-refractivity contribution in [1.29, 1.82) is 0 Å². The molecule has 9 heteroatoms. The van der Waals surface area contributed by atoms with E-state index in [0.717, 1.165) is 25.5 Å². The van der Waals surface area contributed by atoms with Gasteiger partial charge in [0.05, 0.1) is 17.3 Å². The maximum atomic E-state index is 5.82. The van der Waals surface area contributed by atoms with Crippen LogP contribution in [-0.2, 0) is 13.0 Å². The van der Waals surface area contributed by atoms with Gasteiger partial charge in [-0.05, 0) is 7.05 Å². The van der Waals surface area contributed by atoms with Crippen molar-refractivity contribution in [1.82, 2.24) is 30.1 Å². The molecule has 21 heavy (non-hydrogen) atoms. The van der Waals surface area contributed by atoms with Gasteiger partial charge in [-0.15, -0.1) is 12.4 Å². The van der Waals surface area contributed by atoms with Crippen LogP contribution in [0.2, 0.25) is 5.02 Å². The Morgan fingerprint density at radius 3 is 3.10 bits per heavy atom. The van der Waals surface area contributed by atoms with E-state index in [-0.39, 0.29) is 18.4 Å². The van der Waals surface area contributed by atoms with Crippen LogP contribution in [-0.4, -0.2) is 51.5 Å². The van der Waals surface area contributed by atoms with E-state index in [9.17, 15) is 0 Å². The monoisotopic (exact) mass is 332 g/mol. The second kappa shape index (κ2) is 7.22. The summed E-state index contributed by atoms with van der Waals surface area (Å²) in [6, 6.07) is 0.181. The Morgan fingerprint density at radius 1 is 1.52 bits per heavy atom. The van der Waals surface area contributed by atoms with E-state index in [0.29, 0.717) is 23.9 Å². The van der Waals surface area contributed by atoms with Crippen LogP contribution in [0, 0.1) is 0 Å². The molecule has 1 fully saturated rings. The number of nitrogens with zero attached hydrogens (tertiary/aromatic N) is 5. The maximum absolute atomic E-state index is 5.82. The number of aryl methyl sites for hydroxylation is 2. The van der Waals surface area contributed by atoms with Crippen LogP contribution in [0.5, 0.6) is 0 Å². The van der Waals surface area contributed by atoms with E-state index in [4.69, 9.17) is 16.1 Å². The molecule has 0 aromatic carbocycles. The van der Waals surface area contributed by atoms with Gasteiger partial charge in [0.1, 0.15) is 0 Å². The lowest BCUT2D eigenvalue weighted by Crippen LogP contribution is -2.44. The quantitative estimate of drug-likeness (QED) is 0.905. The van der Waals surface area contributed by atoms with Crippen LogP contribution < -0.4 is 5.32 Å². The second-order valence-electron chi connectivity index (χ2n) is 4.92. The number of nitrogens with one attached hydrogen (secondary N) is 1. The van der Waals surface area contributed by atoms with Crippen molar-refractivity contribution in [2.45, 2.75) is 19.0 Å². The predicted octanol–water partition coefficient (Wildman–Crippen LogP) is 1.16. The highest BCUT2D eigenvalue weighted by Gasteiger charge is 2.25. The van der Waals surface area contributed by atoms with Gasteiger partial charge in [0.2, 0.25) is 5.89 Å². The van der Waals surface area contributed by atoms with Gasteiger partial charge >= 0.3 is 0 Å². The smallest absolute Gasteiger partial charge is 0.228 e. The molecule has 2 aromatic rings. The van der Waals surface area contributed by atoms with Crippen molar-refractivity contribution in [2.75, 3.05) is 26.7 Å². The number of aromatic nitrogens is 4. The first kappa shape index (κ1) is 16.2. The Labute approximate surface area is 134 Å². The van der Waals surface area contributed by atoms with Gasteiger partial charge in [0.15, 0.2) is 5.82 Å². The molecule has 1 unspecified atom stereocenters. The average molecular weight is 333 g/mol. The first-order chi connectivity index (χ1) is 9.72. The Kier molecular flexibility index (Phi) is 5.58. The Balaban J connectivity index is 0.00000161. The molecule has 0 bridgehead atoms. The lowest BCUT2D eigenvalue weighted by atomic mass is 10.2. The largest absolute Gasteiger partial charge is 0.339 e. The van der Waals surface area contributed by atoms with Gasteiger partial charge in [-0.1, -0.05) is 16.8 Å². The normalized spacial score (nSPS) is 19.4. The van der Waals surface area contributed by atoms with Crippen LogP contribution >= 0.6 is 24.0 Å². The molecule has 3 rings (SSSR count). The van der Waals surface area contributed by atoms with Crippen LogP contribution in [0.15, 0.2) is 16.9 Å². The molecule has 0 aliphatic carbocycles. The molecule has 3 heterocycles. The van der Waals surface area contributed by atoms with E-state index < -0.39 is 0 Å². The minimum absolute atomic E-state index is 0. The number of likely N-dealkylation sites (N-methyl/N-ethyl adjacent to an activating group) is 1. The summed E-state index contributed by atoms with van der Waals surface area (Å²) in [4.78, 5) is 6.71. The third kappa shape index (κ3) is 3.94. The van der Waals surface area contributed by atoms with Gasteiger partial charge < -0.3 is 9.84 Å². The van der Waals surface area contributed by atoms with E-state index in [1.165, 1.54) is 0 Å². The Bertz CT molecular complexity index is 572. The summed E-state index contributed by atoms with van der Waals surface area (Å²) in [6.45, 7) is 3.51. The average Bonchev–Trinajstić information content (AvgIpc) is 3.06. The maximum Gasteiger partial charge on any atom is 0.228 e. The van der Waals surface area contributed by atoms with E-state index in [2.05, 4.69) is 32.5 Å². The summed E-state index contributed by atoms with van der Waals surface area (Å²) in [5.41, 5.74) is 0. The van der Waals surface area contributed by atoms with E-state index in [1.54, 1.807) is 17.1 Å². The van der Waals surface area contributed by atoms with Crippen molar-refractivity contribution in [3.8, 4) is 0 Å². The molecule has 116 valence electrons. The minimum Gasteiger partial charge on any atom is -0.339 e. The molecule has 1 aliphatic rings. The topological polar surface area (TPSA) is 72.0 Å². The summed E-state index contributed by atoms with van der Waals surface area (Å²) in [5, 5.41) is 12.2. The van der Waals surface area contributed by atoms with Crippen molar-refractivity contribution >= 4 is 24.0 Å². The molecule has 0 spiro atoms. The Morgan fingerprint density at radius 2 is 2.38 bits per heavy atom. The molecular weight excluding hydrogens is 315 g/mol. The van der Waals surface area contributed by atoms with Crippen molar-refractivity contribution in [3.05, 3.63) is 29.1 Å². The van der Waals surface area contributed by atoms with Crippen molar-refractivity contribution < 1.29 is 4.52 Å². The molecule has 1 saturated heterocycles. The zero-order valence-electron chi connectivity index (χ0n) is 11.7. The third-order valence-corrected chi connectivity index (χ3v) is 3.64. The summed E-state index contributed by atoms with van der Waals surface area (Å²) < 4.78 is 7.07. The number of halogens is 2. The van der Waals surface area contributed by atoms with Crippen LogP contribution in [0.1, 0.15) is 17.8 Å². The third-order valence-electron chi connectivity index (χ3n) is 3.45. The first-order valence-electron chi connectivity index (χ1n) is 6.64. The Hall–Kier alpha value is -1.15. The first-order valence-corrected chi connectivity index (χ1v) is 7.01. The summed E-state index contributed by atoms with van der Waals surface area (Å²) in [7, 11) is 2.08. The van der Waals surface area contributed by atoms with Crippen LogP contribution in [0.3, 0.4) is 0 Å². The lowest BCUT2D eigenvalue weighted by molar-refractivity contribution is 0.190. The zero-order chi connectivity index (χ0) is 13.9. The molecule has 0 radical (unpaired) electrons. The zero-order valence-corrected chi connectivity index (χ0v) is 13.3. The summed E-state index contributed by atoms with van der Waals surface area (Å²) in [5.74, 6) is 1.37. The highest BCUT2D eigenvalue weighted by molar-refractivity contribution is 6.30. The summed E-state index contributed by atoms with van der Waals surface area (Å²) >= 11 is 5.82. The van der Waals surface area contributed by atoms with Gasteiger partial charge in [-0.2, -0.15) is 10.1 Å². The number of hydrogen-bond donors (Lipinski definition) is 1. The minimum atomic E-state index is 0. The number of rotatable bonds is 4. The lowest BCUT2D eigenvalue weighted by Gasteiger charge is -2.30. The van der Waals surface area contributed by atoms with Gasteiger partial charge in [-0.3, -0.25) is 9.58 Å². The van der Waals surface area contributed by atoms with E-state index in [1.807, 2.05) is 0 Å². The highest BCUT2D eigenvalue weighted by Crippen LogP contribution is 2.17. The molecule has 2 aromatic heterocycles. The SMILES string of the molecule is CN1CCNCC1c1noc(CCn2cc(Cl)cn2)n1.Cl. The fourth-order valence-corrected chi connectivity index (χ4v) is 2.43. The van der Waals surface area contributed by atoms with Crippen LogP contribution in [0.4, 0.5) is 0 Å². The standard InChI is InChI=1S/C12H17ClN6O.ClH/c1-18-5-3-14-7-10(18)12-16-11(20-17-12)2-4-19-8-9(13)6-15-19;/h6,8,10,14H,2-5,7H2,1H3;1H. The van der Waals surface area contributed by atoms with Gasteiger partial charge in [0, 0.05) is 38.8 Å². The summed E-state index contributed by atoms with van der Waals surface area (Å²) in [6.07, 6.45) is 4.04. The molecule has 0 amide bonds. The fraction of sp³-hybridized carbons (Fsp3) is 0.583. The molecule has 0 saturated carbocycles. The second-order valence-corrected chi connectivity index (χ2v) is 5.35. The number of hydrogen-bond acceptors (Lipinski definition) is 6. The van der Waals surface area contributed by atoms with Crippen LogP contribution in [0.25, 0.3) is 0 Å². The fourth-order valence-electron chi connectivity index (χ4n) is 2.27. The molecule has 1 aliphatic heterocycles. The number of piperazine rings is 1. The van der Waals surface area contributed by atoms with Crippen molar-refractivity contribution in [3.63, 3.8) is 0 Å².